The number of methoxy groups -OCH3 is 1. The number of aliphatic carboxylic acids is 1. The number of aliphatic hydroxyl groups excluding tert-OH is 1. The van der Waals surface area contributed by atoms with Crippen LogP contribution in [0.1, 0.15) is 37.9 Å². The highest BCUT2D eigenvalue weighted by atomic mass is 19.4. The Kier molecular flexibility index (Phi) is 8.93. The van der Waals surface area contributed by atoms with Crippen LogP contribution in [-0.4, -0.2) is 35.1 Å². The van der Waals surface area contributed by atoms with Gasteiger partial charge in [0.2, 0.25) is 0 Å². The first-order valence-electron chi connectivity index (χ1n) is 13.7. The molecule has 4 N–H and O–H groups in total. The van der Waals surface area contributed by atoms with E-state index in [1.54, 1.807) is 24.3 Å². The second-order valence-corrected chi connectivity index (χ2v) is 10.2. The first-order valence-corrected chi connectivity index (χ1v) is 13.7. The van der Waals surface area contributed by atoms with Gasteiger partial charge in [-0.05, 0) is 76.5 Å². The minimum atomic E-state index is -5.01. The van der Waals surface area contributed by atoms with Crippen LogP contribution in [0.5, 0.6) is 5.75 Å². The van der Waals surface area contributed by atoms with Crippen molar-refractivity contribution >= 4 is 39.9 Å². The number of fused-ring (bicyclic) bond motifs is 1. The van der Waals surface area contributed by atoms with Crippen molar-refractivity contribution in [3.05, 3.63) is 125 Å². The molecule has 0 bridgehead atoms. The van der Waals surface area contributed by atoms with E-state index in [2.05, 4.69) is 10.6 Å². The van der Waals surface area contributed by atoms with Crippen molar-refractivity contribution in [1.29, 1.82) is 0 Å². The number of carboxylic acid groups (broad SMARTS) is 1. The van der Waals surface area contributed by atoms with Gasteiger partial charge in [0, 0.05) is 11.3 Å². The van der Waals surface area contributed by atoms with Crippen LogP contribution < -0.4 is 15.4 Å². The van der Waals surface area contributed by atoms with E-state index in [0.29, 0.717) is 22.9 Å². The van der Waals surface area contributed by atoms with Crippen molar-refractivity contribution in [3.8, 4) is 16.9 Å². The van der Waals surface area contributed by atoms with Crippen molar-refractivity contribution < 1.29 is 51.3 Å². The van der Waals surface area contributed by atoms with Gasteiger partial charge in [0.1, 0.15) is 17.4 Å². The number of carboxylic acids is 1. The van der Waals surface area contributed by atoms with Gasteiger partial charge < -0.3 is 25.6 Å². The Morgan fingerprint density at radius 3 is 2.09 bits per heavy atom. The van der Waals surface area contributed by atoms with Crippen LogP contribution in [0.4, 0.5) is 33.3 Å². The molecule has 0 saturated carbocycles. The van der Waals surface area contributed by atoms with E-state index < -0.39 is 47.3 Å². The lowest BCUT2D eigenvalue weighted by Gasteiger charge is -2.16. The summed E-state index contributed by atoms with van der Waals surface area (Å²) in [7, 11) is 1.28. The fraction of sp³-hybridized carbons (Fsp3) is 0.0882. The van der Waals surface area contributed by atoms with Crippen LogP contribution >= 0.6 is 0 Å². The summed E-state index contributed by atoms with van der Waals surface area (Å²) in [4.78, 5) is 38.4. The van der Waals surface area contributed by atoms with Gasteiger partial charge in [0.25, 0.3) is 11.8 Å². The van der Waals surface area contributed by atoms with E-state index in [1.165, 1.54) is 37.4 Å². The van der Waals surface area contributed by atoms with E-state index in [-0.39, 0.29) is 44.9 Å². The molecule has 0 aromatic heterocycles. The highest BCUT2D eigenvalue weighted by Crippen LogP contribution is 2.35. The molecule has 5 aromatic rings. The van der Waals surface area contributed by atoms with Crippen molar-refractivity contribution in [2.24, 2.45) is 0 Å². The summed E-state index contributed by atoms with van der Waals surface area (Å²) in [6.45, 7) is 0. The summed E-state index contributed by atoms with van der Waals surface area (Å²) in [6.07, 6.45) is -6.94. The highest BCUT2D eigenvalue weighted by Gasteiger charge is 2.34. The highest BCUT2D eigenvalue weighted by molar-refractivity contribution is 6.15. The van der Waals surface area contributed by atoms with Gasteiger partial charge in [0.15, 0.2) is 6.10 Å². The Bertz CT molecular complexity index is 2050. The van der Waals surface area contributed by atoms with E-state index in [1.807, 2.05) is 0 Å². The fourth-order valence-electron chi connectivity index (χ4n) is 4.87. The number of benzene rings is 5. The van der Waals surface area contributed by atoms with Crippen molar-refractivity contribution in [1.82, 2.24) is 0 Å². The number of anilines is 2. The van der Waals surface area contributed by atoms with Gasteiger partial charge >= 0.3 is 12.1 Å². The first-order chi connectivity index (χ1) is 22.3. The van der Waals surface area contributed by atoms with Crippen LogP contribution in [-0.2, 0) is 11.0 Å². The Labute approximate surface area is 263 Å². The molecule has 0 heterocycles. The zero-order valence-corrected chi connectivity index (χ0v) is 24.2. The number of carbonyl (C=O) groups excluding carboxylic acids is 2. The Morgan fingerprint density at radius 1 is 0.766 bits per heavy atom. The maximum absolute atomic E-state index is 14.9. The molecule has 1 atom stereocenters. The van der Waals surface area contributed by atoms with Crippen LogP contribution in [0.3, 0.4) is 0 Å². The van der Waals surface area contributed by atoms with Crippen molar-refractivity contribution in [2.45, 2.75) is 12.3 Å². The Hall–Kier alpha value is -5.82. The molecule has 5 rings (SSSR count). The second-order valence-electron chi connectivity index (χ2n) is 10.2. The zero-order chi connectivity index (χ0) is 34.0. The summed E-state index contributed by atoms with van der Waals surface area (Å²) < 4.78 is 73.8. The van der Waals surface area contributed by atoms with E-state index >= 15 is 0 Å². The third-order valence-electron chi connectivity index (χ3n) is 7.20. The van der Waals surface area contributed by atoms with Crippen molar-refractivity contribution in [2.75, 3.05) is 17.7 Å². The molecule has 5 aromatic carbocycles. The molecular formula is C34H23F5N2O6. The van der Waals surface area contributed by atoms with Gasteiger partial charge in [-0.2, -0.15) is 13.2 Å². The molecule has 8 nitrogen and oxygen atoms in total. The Balaban J connectivity index is 1.53. The molecule has 0 aliphatic carbocycles. The minimum Gasteiger partial charge on any atom is -0.496 e. The molecule has 1 unspecified atom stereocenters. The number of ether oxygens (including phenoxy) is 1. The number of rotatable bonds is 8. The van der Waals surface area contributed by atoms with Gasteiger partial charge in [-0.1, -0.05) is 36.4 Å². The number of amides is 2. The summed E-state index contributed by atoms with van der Waals surface area (Å²) in [6, 6.07) is 18.9. The van der Waals surface area contributed by atoms with Crippen LogP contribution in [0, 0.1) is 11.6 Å². The fourth-order valence-corrected chi connectivity index (χ4v) is 4.87. The number of alkyl halides is 3. The Morgan fingerprint density at radius 2 is 1.43 bits per heavy atom. The maximum atomic E-state index is 14.9. The number of nitrogens with one attached hydrogen (secondary N) is 2. The predicted octanol–water partition coefficient (Wildman–Crippen LogP) is 7.44. The maximum Gasteiger partial charge on any atom is 0.419 e. The summed E-state index contributed by atoms with van der Waals surface area (Å²) in [5, 5.41) is 25.2. The number of carbonyl (C=O) groups is 3. The number of halogens is 5. The molecule has 2 amide bonds. The molecule has 0 aliphatic heterocycles. The lowest BCUT2D eigenvalue weighted by molar-refractivity contribution is -0.147. The lowest BCUT2D eigenvalue weighted by Crippen LogP contribution is -2.19. The molecule has 240 valence electrons. The van der Waals surface area contributed by atoms with E-state index in [9.17, 15) is 41.4 Å². The third-order valence-corrected chi connectivity index (χ3v) is 7.20. The number of hydrogen-bond acceptors (Lipinski definition) is 5. The minimum absolute atomic E-state index is 0.0467. The lowest BCUT2D eigenvalue weighted by atomic mass is 9.97. The second kappa shape index (κ2) is 12.9. The van der Waals surface area contributed by atoms with Gasteiger partial charge in [0.05, 0.1) is 29.5 Å². The number of hydrogen-bond donors (Lipinski definition) is 4. The molecule has 47 heavy (non-hydrogen) atoms. The van der Waals surface area contributed by atoms with Gasteiger partial charge in [-0.3, -0.25) is 9.59 Å². The zero-order valence-electron chi connectivity index (χ0n) is 24.2. The van der Waals surface area contributed by atoms with Crippen LogP contribution in [0.25, 0.3) is 21.9 Å². The average molecular weight is 651 g/mol. The van der Waals surface area contributed by atoms with Crippen LogP contribution in [0.2, 0.25) is 0 Å². The largest absolute Gasteiger partial charge is 0.496 e. The molecule has 0 spiro atoms. The molecule has 0 radical (unpaired) electrons. The number of aliphatic hydroxyl groups is 1. The average Bonchev–Trinajstić information content (AvgIpc) is 3.04. The molecular weight excluding hydrogens is 627 g/mol. The summed E-state index contributed by atoms with van der Waals surface area (Å²) >= 11 is 0. The smallest absolute Gasteiger partial charge is 0.419 e. The van der Waals surface area contributed by atoms with Gasteiger partial charge in [-0.25, -0.2) is 13.6 Å². The normalized spacial score (nSPS) is 12.0. The van der Waals surface area contributed by atoms with Crippen molar-refractivity contribution in [3.63, 3.8) is 0 Å². The molecule has 0 saturated heterocycles. The summed E-state index contributed by atoms with van der Waals surface area (Å²) in [5.41, 5.74) is -2.34. The monoisotopic (exact) mass is 650 g/mol. The van der Waals surface area contributed by atoms with Gasteiger partial charge in [-0.15, -0.1) is 0 Å². The molecule has 13 heteroatoms. The first kappa shape index (κ1) is 32.6. The standard InChI is InChI=1S/C34H23F5N2O6/c1-47-29-11-7-19(22-14-20(6-9-26(22)35)30(42)33(45)46)13-24(29)32(44)41-28-15-18-5-3-2-4-17(18)12-23(28)31(43)40-21-8-10-27(36)25(16-21)34(37,38)39/h2-16,30,42H,1H3,(H,40,43)(H,41,44)(H,45,46). The predicted molar refractivity (Wildman–Crippen MR) is 162 cm³/mol. The molecule has 0 fully saturated rings. The SMILES string of the molecule is COc1ccc(-c2cc(C(O)C(=O)O)ccc2F)cc1C(=O)Nc1cc2ccccc2cc1C(=O)Nc1ccc(F)c(C(F)(F)F)c1. The topological polar surface area (TPSA) is 125 Å². The molecule has 0 aliphatic rings. The van der Waals surface area contributed by atoms with Crippen LogP contribution in [0.15, 0.2) is 91.0 Å². The van der Waals surface area contributed by atoms with E-state index in [4.69, 9.17) is 9.84 Å². The third kappa shape index (κ3) is 6.89. The quantitative estimate of drug-likeness (QED) is 0.130. The summed E-state index contributed by atoms with van der Waals surface area (Å²) in [5.74, 6) is -5.53. The van der Waals surface area contributed by atoms with E-state index in [0.717, 1.165) is 24.3 Å².